The van der Waals surface area contributed by atoms with Crippen LogP contribution in [0.25, 0.3) is 0 Å². The summed E-state index contributed by atoms with van der Waals surface area (Å²) in [6, 6.07) is 8.55. The molecule has 0 fully saturated rings. The van der Waals surface area contributed by atoms with Crippen molar-refractivity contribution < 1.29 is 41.3 Å². The number of pyridine rings is 1. The molecule has 0 spiro atoms. The number of amides is 1. The normalized spacial score (nSPS) is 11.1. The van der Waals surface area contributed by atoms with Gasteiger partial charge in [0.1, 0.15) is 28.6 Å². The number of methoxy groups -OCH3 is 1. The van der Waals surface area contributed by atoms with Crippen LogP contribution < -0.4 is 24.3 Å². The maximum atomic E-state index is 14.8. The molecule has 11 heteroatoms. The van der Waals surface area contributed by atoms with Crippen LogP contribution in [0.4, 0.5) is 23.2 Å². The van der Waals surface area contributed by atoms with E-state index in [1.165, 1.54) is 44.5 Å². The topological polar surface area (TPSA) is 83.7 Å². The number of aryl methyl sites for hydroxylation is 1. The van der Waals surface area contributed by atoms with Gasteiger partial charge >= 0.3 is 6.36 Å². The van der Waals surface area contributed by atoms with Gasteiger partial charge in [-0.3, -0.25) is 4.79 Å². The molecule has 0 bridgehead atoms. The number of aromatic nitrogens is 1. The van der Waals surface area contributed by atoms with E-state index in [1.54, 1.807) is 0 Å². The van der Waals surface area contributed by atoms with Crippen LogP contribution in [0.2, 0.25) is 0 Å². The molecule has 168 valence electrons. The molecule has 0 saturated heterocycles. The summed E-state index contributed by atoms with van der Waals surface area (Å²) in [5.41, 5.74) is -0.204. The molecule has 1 aromatic heterocycles. The molecule has 1 N–H and O–H groups in total. The molecule has 3 rings (SSSR count). The van der Waals surface area contributed by atoms with Crippen molar-refractivity contribution in [3.8, 4) is 23.0 Å². The van der Waals surface area contributed by atoms with Crippen LogP contribution in [0.5, 0.6) is 23.0 Å². The lowest BCUT2D eigenvalue weighted by atomic mass is 10.1. The predicted octanol–water partition coefficient (Wildman–Crippen LogP) is 4.72. The van der Waals surface area contributed by atoms with Crippen LogP contribution in [-0.2, 0) is 0 Å². The first kappa shape index (κ1) is 22.7. The highest BCUT2D eigenvalue weighted by Gasteiger charge is 2.31. The van der Waals surface area contributed by atoms with Crippen molar-refractivity contribution in [3.63, 3.8) is 0 Å². The minimum absolute atomic E-state index is 0.0866. The summed E-state index contributed by atoms with van der Waals surface area (Å²) in [6.07, 6.45) is -2.62. The largest absolute Gasteiger partial charge is 0.619 e. The highest BCUT2D eigenvalue weighted by Crippen LogP contribution is 2.38. The SMILES string of the molecule is COc1cc(OC(F)(F)F)ccc1Oc1ccc(C)c(F)c1C(=O)Nc1ccc[n+]([O-])c1. The summed E-state index contributed by atoms with van der Waals surface area (Å²) in [7, 11) is 1.19. The van der Waals surface area contributed by atoms with Gasteiger partial charge in [0, 0.05) is 12.1 Å². The fourth-order valence-corrected chi connectivity index (χ4v) is 2.73. The molecule has 1 amide bonds. The van der Waals surface area contributed by atoms with Crippen molar-refractivity contribution in [1.29, 1.82) is 0 Å². The van der Waals surface area contributed by atoms with Crippen LogP contribution in [0, 0.1) is 17.9 Å². The van der Waals surface area contributed by atoms with Crippen LogP contribution in [0.3, 0.4) is 0 Å². The average Bonchev–Trinajstić information content (AvgIpc) is 2.70. The maximum Gasteiger partial charge on any atom is 0.573 e. The van der Waals surface area contributed by atoms with Gasteiger partial charge in [-0.1, -0.05) is 6.07 Å². The van der Waals surface area contributed by atoms with Crippen LogP contribution in [0.15, 0.2) is 54.9 Å². The van der Waals surface area contributed by atoms with Gasteiger partial charge in [-0.25, -0.2) is 4.39 Å². The third kappa shape index (κ3) is 5.36. The number of hydrogen-bond acceptors (Lipinski definition) is 5. The third-order valence-corrected chi connectivity index (χ3v) is 4.15. The van der Waals surface area contributed by atoms with Crippen molar-refractivity contribution in [3.05, 3.63) is 77.0 Å². The second-order valence-electron chi connectivity index (χ2n) is 6.44. The first-order chi connectivity index (χ1) is 15.1. The summed E-state index contributed by atoms with van der Waals surface area (Å²) >= 11 is 0. The number of carbonyl (C=O) groups is 1. The van der Waals surface area contributed by atoms with Crippen molar-refractivity contribution >= 4 is 11.6 Å². The molecule has 0 saturated carbocycles. The lowest BCUT2D eigenvalue weighted by Gasteiger charge is -2.16. The first-order valence-electron chi connectivity index (χ1n) is 8.98. The van der Waals surface area contributed by atoms with E-state index in [0.29, 0.717) is 4.73 Å². The van der Waals surface area contributed by atoms with Gasteiger partial charge < -0.3 is 24.7 Å². The van der Waals surface area contributed by atoms with Gasteiger partial charge in [-0.05, 0) is 36.8 Å². The Bertz CT molecular complexity index is 1150. The zero-order valence-corrected chi connectivity index (χ0v) is 16.7. The number of anilines is 1. The Morgan fingerprint density at radius 2 is 1.81 bits per heavy atom. The zero-order chi connectivity index (χ0) is 23.5. The van der Waals surface area contributed by atoms with E-state index < -0.39 is 29.4 Å². The molecule has 0 atom stereocenters. The Balaban J connectivity index is 1.95. The Labute approximate surface area is 179 Å². The summed E-state index contributed by atoms with van der Waals surface area (Å²) in [5.74, 6) is -2.78. The van der Waals surface area contributed by atoms with Gasteiger partial charge in [0.2, 0.25) is 6.20 Å². The summed E-state index contributed by atoms with van der Waals surface area (Å²) < 4.78 is 67.1. The number of hydrogen-bond donors (Lipinski definition) is 1. The van der Waals surface area contributed by atoms with Crippen molar-refractivity contribution in [2.75, 3.05) is 12.4 Å². The molecule has 0 unspecified atom stereocenters. The molecular weight excluding hydrogens is 436 g/mol. The Morgan fingerprint density at radius 3 is 2.47 bits per heavy atom. The minimum atomic E-state index is -4.90. The highest BCUT2D eigenvalue weighted by molar-refractivity contribution is 6.06. The van der Waals surface area contributed by atoms with Gasteiger partial charge in [0.15, 0.2) is 17.7 Å². The number of nitrogens with one attached hydrogen (secondary N) is 1. The number of rotatable bonds is 6. The molecule has 7 nitrogen and oxygen atoms in total. The average molecular weight is 452 g/mol. The summed E-state index contributed by atoms with van der Waals surface area (Å²) in [5, 5.41) is 13.8. The van der Waals surface area contributed by atoms with Crippen LogP contribution >= 0.6 is 0 Å². The third-order valence-electron chi connectivity index (χ3n) is 4.15. The quantitative estimate of drug-likeness (QED) is 0.333. The van der Waals surface area contributed by atoms with Crippen molar-refractivity contribution in [2.45, 2.75) is 13.3 Å². The van der Waals surface area contributed by atoms with E-state index >= 15 is 0 Å². The van der Waals surface area contributed by atoms with E-state index in [-0.39, 0.29) is 28.5 Å². The second-order valence-corrected chi connectivity index (χ2v) is 6.44. The Kier molecular flexibility index (Phi) is 6.37. The number of benzene rings is 2. The number of halogens is 4. The van der Waals surface area contributed by atoms with E-state index in [1.807, 2.05) is 0 Å². The van der Waals surface area contributed by atoms with E-state index in [2.05, 4.69) is 10.1 Å². The monoisotopic (exact) mass is 452 g/mol. The maximum absolute atomic E-state index is 14.8. The molecule has 0 radical (unpaired) electrons. The lowest BCUT2D eigenvalue weighted by molar-refractivity contribution is -0.604. The molecule has 1 heterocycles. The number of ether oxygens (including phenoxy) is 3. The first-order valence-corrected chi connectivity index (χ1v) is 8.98. The smallest absolute Gasteiger partial charge is 0.573 e. The minimum Gasteiger partial charge on any atom is -0.619 e. The van der Waals surface area contributed by atoms with Gasteiger partial charge in [0.05, 0.1) is 7.11 Å². The number of nitrogens with zero attached hydrogens (tertiary/aromatic N) is 1. The molecule has 0 aliphatic carbocycles. The van der Waals surface area contributed by atoms with E-state index in [9.17, 15) is 27.6 Å². The van der Waals surface area contributed by atoms with Crippen LogP contribution in [0.1, 0.15) is 15.9 Å². The van der Waals surface area contributed by atoms with E-state index in [4.69, 9.17) is 9.47 Å². The summed E-state index contributed by atoms with van der Waals surface area (Å²) in [6.45, 7) is 1.44. The van der Waals surface area contributed by atoms with Crippen molar-refractivity contribution in [1.82, 2.24) is 0 Å². The molecule has 0 aliphatic rings. The molecule has 0 aliphatic heterocycles. The lowest BCUT2D eigenvalue weighted by Crippen LogP contribution is -2.26. The summed E-state index contributed by atoms with van der Waals surface area (Å²) in [4.78, 5) is 12.8. The number of carbonyl (C=O) groups excluding carboxylic acids is 1. The van der Waals surface area contributed by atoms with E-state index in [0.717, 1.165) is 24.4 Å². The second kappa shape index (κ2) is 9.00. The van der Waals surface area contributed by atoms with Crippen LogP contribution in [-0.4, -0.2) is 19.4 Å². The fraction of sp³-hybridized carbons (Fsp3) is 0.143. The highest BCUT2D eigenvalue weighted by atomic mass is 19.4. The zero-order valence-electron chi connectivity index (χ0n) is 16.7. The molecule has 32 heavy (non-hydrogen) atoms. The fourth-order valence-electron chi connectivity index (χ4n) is 2.73. The Hall–Kier alpha value is -4.02. The number of alkyl halides is 3. The predicted molar refractivity (Wildman–Crippen MR) is 104 cm³/mol. The van der Waals surface area contributed by atoms with Gasteiger partial charge in [0.25, 0.3) is 5.91 Å². The molecule has 3 aromatic rings. The molecular formula is C21H16F4N2O5. The van der Waals surface area contributed by atoms with Gasteiger partial charge in [-0.2, -0.15) is 4.73 Å². The van der Waals surface area contributed by atoms with Crippen molar-refractivity contribution in [2.24, 2.45) is 0 Å². The Morgan fingerprint density at radius 1 is 1.09 bits per heavy atom. The van der Waals surface area contributed by atoms with Gasteiger partial charge in [-0.15, -0.1) is 13.2 Å². The standard InChI is InChI=1S/C21H16F4N2O5/c1-12-5-7-16(18(19(12)22)20(28)26-13-4-3-9-27(29)11-13)31-15-8-6-14(10-17(15)30-2)32-21(23,24)25/h3-11H,1-2H3,(H,26,28). The molecule has 2 aromatic carbocycles.